The molecule has 0 atom stereocenters. The molecule has 0 aliphatic carbocycles. The highest BCUT2D eigenvalue weighted by molar-refractivity contribution is 14.1. The number of anilines is 1. The third kappa shape index (κ3) is 5.83. The van der Waals surface area contributed by atoms with E-state index >= 15 is 0 Å². The predicted molar refractivity (Wildman–Crippen MR) is 156 cm³/mol. The first-order valence-corrected chi connectivity index (χ1v) is 13.4. The minimum absolute atomic E-state index is 0.246. The van der Waals surface area contributed by atoms with Gasteiger partial charge in [-0.1, -0.05) is 71.7 Å². The highest BCUT2D eigenvalue weighted by atomic mass is 127. The molecular weight excluding hydrogens is 606 g/mol. The van der Waals surface area contributed by atoms with Crippen LogP contribution in [0.3, 0.4) is 0 Å². The van der Waals surface area contributed by atoms with Gasteiger partial charge in [0.1, 0.15) is 5.71 Å². The summed E-state index contributed by atoms with van der Waals surface area (Å²) < 4.78 is 1.17. The molecule has 0 spiro atoms. The van der Waals surface area contributed by atoms with E-state index in [0.29, 0.717) is 47.4 Å². The molecule has 0 bridgehead atoms. The molecule has 1 amide bonds. The van der Waals surface area contributed by atoms with Gasteiger partial charge in [0.25, 0.3) is 5.91 Å². The summed E-state index contributed by atoms with van der Waals surface area (Å²) in [5.74, 6) is -0.246. The maximum absolute atomic E-state index is 13.4. The Labute approximate surface area is 233 Å². The van der Waals surface area contributed by atoms with E-state index < -0.39 is 0 Å². The van der Waals surface area contributed by atoms with Crippen molar-refractivity contribution in [3.8, 4) is 0 Å². The van der Waals surface area contributed by atoms with Crippen molar-refractivity contribution in [2.75, 3.05) is 5.43 Å². The Kier molecular flexibility index (Phi) is 7.76. The zero-order valence-corrected chi connectivity index (χ0v) is 22.9. The third-order valence-electron chi connectivity index (χ3n) is 6.13. The van der Waals surface area contributed by atoms with Gasteiger partial charge in [0.15, 0.2) is 0 Å². The summed E-state index contributed by atoms with van der Waals surface area (Å²) in [6.07, 6.45) is 1.14. The first kappa shape index (κ1) is 25.0. The van der Waals surface area contributed by atoms with Crippen molar-refractivity contribution in [1.29, 1.82) is 0 Å². The molecule has 8 heteroatoms. The lowest BCUT2D eigenvalue weighted by Crippen LogP contribution is -2.45. The maximum atomic E-state index is 13.4. The molecule has 1 aliphatic rings. The smallest absolute Gasteiger partial charge is 0.281 e. The number of hydrogen-bond acceptors (Lipinski definition) is 4. The quantitative estimate of drug-likeness (QED) is 0.129. The van der Waals surface area contributed by atoms with E-state index in [-0.39, 0.29) is 5.91 Å². The fourth-order valence-electron chi connectivity index (χ4n) is 4.36. The van der Waals surface area contributed by atoms with Crippen molar-refractivity contribution in [1.82, 2.24) is 10.4 Å². The van der Waals surface area contributed by atoms with E-state index in [9.17, 15) is 4.79 Å². The van der Waals surface area contributed by atoms with E-state index in [2.05, 4.69) is 99.2 Å². The fourth-order valence-corrected chi connectivity index (χ4v) is 5.17. The number of carbonyl (C=O) groups excluding carboxylic acids is 1. The molecule has 0 aromatic heterocycles. The minimum atomic E-state index is -0.246. The van der Waals surface area contributed by atoms with E-state index in [1.165, 1.54) is 25.5 Å². The van der Waals surface area contributed by atoms with Crippen molar-refractivity contribution in [3.05, 3.63) is 109 Å². The minimum Gasteiger partial charge on any atom is -0.283 e. The van der Waals surface area contributed by atoms with Gasteiger partial charge in [0.2, 0.25) is 0 Å². The second-order valence-electron chi connectivity index (χ2n) is 8.65. The summed E-state index contributed by atoms with van der Waals surface area (Å²) >= 11 is 14.6. The molecule has 1 aliphatic heterocycles. The molecule has 4 aromatic carbocycles. The Morgan fingerprint density at radius 3 is 2.31 bits per heavy atom. The van der Waals surface area contributed by atoms with Crippen LogP contribution >= 0.6 is 45.8 Å². The van der Waals surface area contributed by atoms with Gasteiger partial charge in [-0.25, -0.2) is 5.01 Å². The summed E-state index contributed by atoms with van der Waals surface area (Å²) in [6.45, 7) is 1.25. The summed E-state index contributed by atoms with van der Waals surface area (Å²) in [6, 6.07) is 26.0. The van der Waals surface area contributed by atoms with Crippen molar-refractivity contribution in [3.63, 3.8) is 0 Å². The highest BCUT2D eigenvalue weighted by Crippen LogP contribution is 2.29. The number of rotatable bonds is 7. The molecular formula is C28H23Cl2IN4O. The van der Waals surface area contributed by atoms with Crippen LogP contribution in [0.25, 0.3) is 10.8 Å². The van der Waals surface area contributed by atoms with Crippen molar-refractivity contribution < 1.29 is 4.79 Å². The van der Waals surface area contributed by atoms with Gasteiger partial charge in [-0.15, -0.1) is 0 Å². The van der Waals surface area contributed by atoms with Gasteiger partial charge in [-0.3, -0.25) is 15.6 Å². The number of benzene rings is 4. The molecule has 0 radical (unpaired) electrons. The molecule has 0 unspecified atom stereocenters. The summed E-state index contributed by atoms with van der Waals surface area (Å²) in [5.41, 5.74) is 10.5. The molecule has 2 N–H and O–H groups in total. The third-order valence-corrected chi connectivity index (χ3v) is 7.39. The van der Waals surface area contributed by atoms with Crippen LogP contribution in [-0.4, -0.2) is 16.6 Å². The van der Waals surface area contributed by atoms with Gasteiger partial charge in [-0.05, 0) is 86.8 Å². The number of nitrogens with one attached hydrogen (secondary N) is 2. The predicted octanol–water partition coefficient (Wildman–Crippen LogP) is 7.20. The summed E-state index contributed by atoms with van der Waals surface area (Å²) in [4.78, 5) is 13.4. The molecule has 1 heterocycles. The van der Waals surface area contributed by atoms with E-state index in [1.54, 1.807) is 18.2 Å². The van der Waals surface area contributed by atoms with Crippen LogP contribution in [-0.2, 0) is 24.3 Å². The molecule has 0 saturated heterocycles. The molecule has 36 heavy (non-hydrogen) atoms. The number of hydrogen-bond donors (Lipinski definition) is 2. The molecule has 0 saturated carbocycles. The van der Waals surface area contributed by atoms with Gasteiger partial charge < -0.3 is 0 Å². The number of aryl methyl sites for hydroxylation is 1. The van der Waals surface area contributed by atoms with Crippen LogP contribution in [0.4, 0.5) is 5.69 Å². The van der Waals surface area contributed by atoms with Gasteiger partial charge >= 0.3 is 0 Å². The average Bonchev–Trinajstić information content (AvgIpc) is 2.86. The van der Waals surface area contributed by atoms with Crippen LogP contribution in [0.5, 0.6) is 0 Å². The molecule has 5 rings (SSSR count). The largest absolute Gasteiger partial charge is 0.283 e. The molecule has 5 nitrogen and oxygen atoms in total. The summed E-state index contributed by atoms with van der Waals surface area (Å²) in [7, 11) is 0. The standard InChI is InChI=1S/C28H23Cl2IN4O/c29-22-10-14-25(24(30)15-22)32-33-26(13-9-18-7-11-23(31)12-8-18)28(36)34-35-16-20-5-1-3-19-4-2-6-21(17-35)27(19)20/h1-8,10-12,14-15,32H,9,13,16-17H2,(H,34,36)/b33-26+. The normalized spacial score (nSPS) is 13.6. The van der Waals surface area contributed by atoms with E-state index in [4.69, 9.17) is 23.2 Å². The maximum Gasteiger partial charge on any atom is 0.281 e. The van der Waals surface area contributed by atoms with Gasteiger partial charge in [0, 0.05) is 28.1 Å². The number of hydrazine groups is 1. The topological polar surface area (TPSA) is 56.7 Å². The summed E-state index contributed by atoms with van der Waals surface area (Å²) in [5, 5.41) is 9.87. The van der Waals surface area contributed by atoms with Gasteiger partial charge in [0.05, 0.1) is 10.7 Å². The Morgan fingerprint density at radius 2 is 1.64 bits per heavy atom. The lowest BCUT2D eigenvalue weighted by atomic mass is 9.96. The number of nitrogens with zero attached hydrogens (tertiary/aromatic N) is 2. The van der Waals surface area contributed by atoms with Crippen LogP contribution in [0.2, 0.25) is 10.0 Å². The first-order valence-electron chi connectivity index (χ1n) is 11.5. The second kappa shape index (κ2) is 11.2. The average molecular weight is 629 g/mol. The number of halogens is 3. The van der Waals surface area contributed by atoms with Gasteiger partial charge in [-0.2, -0.15) is 5.10 Å². The Hall–Kier alpha value is -2.65. The fraction of sp³-hybridized carbons (Fsp3) is 0.143. The van der Waals surface area contributed by atoms with Crippen molar-refractivity contribution in [2.45, 2.75) is 25.9 Å². The number of hydrazone groups is 1. The molecule has 4 aromatic rings. The second-order valence-corrected chi connectivity index (χ2v) is 10.7. The lowest BCUT2D eigenvalue weighted by molar-refractivity contribution is -0.120. The Morgan fingerprint density at radius 1 is 0.944 bits per heavy atom. The first-order chi connectivity index (χ1) is 17.5. The number of amides is 1. The zero-order valence-electron chi connectivity index (χ0n) is 19.3. The zero-order chi connectivity index (χ0) is 25.1. The number of carbonyl (C=O) groups is 1. The van der Waals surface area contributed by atoms with Crippen molar-refractivity contribution >= 4 is 73.9 Å². The van der Waals surface area contributed by atoms with Crippen LogP contribution in [0, 0.1) is 3.57 Å². The molecule has 182 valence electrons. The van der Waals surface area contributed by atoms with E-state index in [0.717, 1.165) is 5.56 Å². The monoisotopic (exact) mass is 628 g/mol. The SMILES string of the molecule is O=C(NN1Cc2cccc3cccc(c23)C1)/C(CCc1ccc(I)cc1)=N/Nc1ccc(Cl)cc1Cl. The van der Waals surface area contributed by atoms with Crippen molar-refractivity contribution in [2.24, 2.45) is 5.10 Å². The lowest BCUT2D eigenvalue weighted by Gasteiger charge is -2.29. The van der Waals surface area contributed by atoms with Crippen LogP contribution < -0.4 is 10.9 Å². The highest BCUT2D eigenvalue weighted by Gasteiger charge is 2.22. The molecule has 0 fully saturated rings. The van der Waals surface area contributed by atoms with Crippen LogP contribution in [0.15, 0.2) is 84.0 Å². The Balaban J connectivity index is 1.35. The Bertz CT molecular complexity index is 1420. The van der Waals surface area contributed by atoms with Crippen LogP contribution in [0.1, 0.15) is 23.1 Å². The van der Waals surface area contributed by atoms with E-state index in [1.807, 2.05) is 5.01 Å².